The van der Waals surface area contributed by atoms with Crippen LogP contribution >= 0.6 is 11.6 Å². The summed E-state index contributed by atoms with van der Waals surface area (Å²) in [5, 5.41) is 3.52. The average Bonchev–Trinajstić information content (AvgIpc) is 2.57. The largest absolute Gasteiger partial charge is 0.486 e. The molecular formula is C14H18ClFN2O2. The van der Waals surface area contributed by atoms with Crippen LogP contribution in [-0.4, -0.2) is 45.5 Å². The van der Waals surface area contributed by atoms with E-state index in [2.05, 4.69) is 10.2 Å². The summed E-state index contributed by atoms with van der Waals surface area (Å²) in [6.45, 7) is 3.15. The van der Waals surface area contributed by atoms with Crippen molar-refractivity contribution in [1.29, 1.82) is 0 Å². The summed E-state index contributed by atoms with van der Waals surface area (Å²) in [6, 6.07) is 3.36. The lowest BCUT2D eigenvalue weighted by Crippen LogP contribution is -2.52. The molecule has 1 aromatic carbocycles. The van der Waals surface area contributed by atoms with Crippen molar-refractivity contribution in [2.45, 2.75) is 18.6 Å². The predicted octanol–water partition coefficient (Wildman–Crippen LogP) is 2.05. The minimum atomic E-state index is -0.449. The third-order valence-corrected chi connectivity index (χ3v) is 4.13. The van der Waals surface area contributed by atoms with Gasteiger partial charge in [-0.2, -0.15) is 0 Å². The molecule has 2 heterocycles. The molecule has 20 heavy (non-hydrogen) atoms. The van der Waals surface area contributed by atoms with Crippen molar-refractivity contribution in [3.63, 3.8) is 0 Å². The van der Waals surface area contributed by atoms with Crippen molar-refractivity contribution in [3.05, 3.63) is 23.0 Å². The minimum Gasteiger partial charge on any atom is -0.486 e. The van der Waals surface area contributed by atoms with Crippen LogP contribution in [0, 0.1) is 5.82 Å². The number of benzene rings is 1. The summed E-state index contributed by atoms with van der Waals surface area (Å²) in [5.74, 6) is 0.105. The van der Waals surface area contributed by atoms with Crippen LogP contribution in [0.25, 0.3) is 0 Å². The van der Waals surface area contributed by atoms with Crippen molar-refractivity contribution in [2.24, 2.45) is 0 Å². The minimum absolute atomic E-state index is 0.0748. The second-order valence-electron chi connectivity index (χ2n) is 5.22. The van der Waals surface area contributed by atoms with E-state index in [4.69, 9.17) is 21.1 Å². The second-order valence-corrected chi connectivity index (χ2v) is 5.62. The molecule has 0 amide bonds. The molecule has 0 radical (unpaired) electrons. The van der Waals surface area contributed by atoms with Gasteiger partial charge in [0.15, 0.2) is 0 Å². The van der Waals surface area contributed by atoms with Gasteiger partial charge in [-0.3, -0.25) is 0 Å². The monoisotopic (exact) mass is 300 g/mol. The van der Waals surface area contributed by atoms with Crippen molar-refractivity contribution in [1.82, 2.24) is 5.32 Å². The highest BCUT2D eigenvalue weighted by Gasteiger charge is 2.32. The quantitative estimate of drug-likeness (QED) is 0.906. The SMILES string of the molecule is COC[C@@H]1C[C@@H]2CNCCN2c2cc(Cl)c(F)cc2O1. The molecule has 1 saturated heterocycles. The Bertz CT molecular complexity index is 500. The number of anilines is 1. The molecule has 6 heteroatoms. The summed E-state index contributed by atoms with van der Waals surface area (Å²) in [5.41, 5.74) is 0.876. The lowest BCUT2D eigenvalue weighted by molar-refractivity contribution is 0.0744. The molecule has 4 nitrogen and oxygen atoms in total. The number of fused-ring (bicyclic) bond motifs is 3. The Hall–Kier alpha value is -1.04. The van der Waals surface area contributed by atoms with Crippen LogP contribution in [0.5, 0.6) is 5.75 Å². The molecule has 0 saturated carbocycles. The second kappa shape index (κ2) is 5.76. The van der Waals surface area contributed by atoms with Crippen LogP contribution in [0.15, 0.2) is 12.1 Å². The van der Waals surface area contributed by atoms with Crippen molar-refractivity contribution < 1.29 is 13.9 Å². The van der Waals surface area contributed by atoms with E-state index in [1.807, 2.05) is 0 Å². The molecule has 0 aliphatic carbocycles. The van der Waals surface area contributed by atoms with Crippen LogP contribution in [0.3, 0.4) is 0 Å². The van der Waals surface area contributed by atoms with Crippen LogP contribution < -0.4 is 15.0 Å². The number of piperazine rings is 1. The Kier molecular flexibility index (Phi) is 4.01. The molecular weight excluding hydrogens is 283 g/mol. The third-order valence-electron chi connectivity index (χ3n) is 3.84. The molecule has 0 bridgehead atoms. The fourth-order valence-corrected chi connectivity index (χ4v) is 3.10. The Morgan fingerprint density at radius 1 is 1.55 bits per heavy atom. The summed E-state index contributed by atoms with van der Waals surface area (Å²) in [6.07, 6.45) is 0.767. The highest BCUT2D eigenvalue weighted by Crippen LogP contribution is 2.38. The van der Waals surface area contributed by atoms with Gasteiger partial charge in [0, 0.05) is 45.3 Å². The van der Waals surface area contributed by atoms with E-state index in [0.29, 0.717) is 18.4 Å². The zero-order valence-electron chi connectivity index (χ0n) is 11.4. The first-order chi connectivity index (χ1) is 9.69. The maximum absolute atomic E-state index is 13.7. The Morgan fingerprint density at radius 2 is 2.40 bits per heavy atom. The van der Waals surface area contributed by atoms with Crippen molar-refractivity contribution in [3.8, 4) is 5.75 Å². The van der Waals surface area contributed by atoms with Crippen LogP contribution in [0.4, 0.5) is 10.1 Å². The van der Waals surface area contributed by atoms with Gasteiger partial charge in [0.1, 0.15) is 17.7 Å². The van der Waals surface area contributed by atoms with Crippen LogP contribution in [0.2, 0.25) is 5.02 Å². The number of hydrogen-bond acceptors (Lipinski definition) is 4. The number of nitrogens with one attached hydrogen (secondary N) is 1. The van der Waals surface area contributed by atoms with E-state index >= 15 is 0 Å². The van der Waals surface area contributed by atoms with Gasteiger partial charge in [-0.25, -0.2) is 4.39 Å². The molecule has 0 aromatic heterocycles. The van der Waals surface area contributed by atoms with Gasteiger partial charge in [0.05, 0.1) is 17.3 Å². The standard InChI is InChI=1S/C14H18ClFN2O2/c1-19-8-10-4-9-7-17-2-3-18(9)13-5-11(15)12(16)6-14(13)20-10/h5-6,9-10,17H,2-4,7-8H2,1H3/t9-,10+/m1/s1. The Balaban J connectivity index is 2.00. The molecule has 2 aliphatic heterocycles. The predicted molar refractivity (Wildman–Crippen MR) is 76.3 cm³/mol. The van der Waals surface area contributed by atoms with Gasteiger partial charge in [0.25, 0.3) is 0 Å². The zero-order valence-corrected chi connectivity index (χ0v) is 12.1. The summed E-state index contributed by atoms with van der Waals surface area (Å²) in [7, 11) is 1.65. The normalized spacial score (nSPS) is 25.4. The highest BCUT2D eigenvalue weighted by atomic mass is 35.5. The first-order valence-corrected chi connectivity index (χ1v) is 7.19. The molecule has 2 atom stereocenters. The Labute approximate surface area is 122 Å². The van der Waals surface area contributed by atoms with Gasteiger partial charge < -0.3 is 19.7 Å². The summed E-state index contributed by atoms with van der Waals surface area (Å²) in [4.78, 5) is 2.26. The van der Waals surface area contributed by atoms with Gasteiger partial charge in [-0.15, -0.1) is 0 Å². The van der Waals surface area contributed by atoms with Gasteiger partial charge >= 0.3 is 0 Å². The number of hydrogen-bond donors (Lipinski definition) is 1. The number of nitrogens with zero attached hydrogens (tertiary/aromatic N) is 1. The molecule has 0 spiro atoms. The molecule has 3 rings (SSSR count). The molecule has 110 valence electrons. The van der Waals surface area contributed by atoms with Crippen molar-refractivity contribution in [2.75, 3.05) is 38.3 Å². The number of ether oxygens (including phenoxy) is 2. The van der Waals surface area contributed by atoms with Crippen LogP contribution in [-0.2, 0) is 4.74 Å². The molecule has 1 N–H and O–H groups in total. The van der Waals surface area contributed by atoms with E-state index in [1.54, 1.807) is 13.2 Å². The smallest absolute Gasteiger partial charge is 0.146 e. The van der Waals surface area contributed by atoms with E-state index in [0.717, 1.165) is 31.7 Å². The maximum atomic E-state index is 13.7. The molecule has 2 aliphatic rings. The third kappa shape index (κ3) is 2.57. The lowest BCUT2D eigenvalue weighted by atomic mass is 10.1. The lowest BCUT2D eigenvalue weighted by Gasteiger charge is -2.37. The molecule has 1 fully saturated rings. The van der Waals surface area contributed by atoms with Crippen LogP contribution in [0.1, 0.15) is 6.42 Å². The van der Waals surface area contributed by atoms with E-state index in [-0.39, 0.29) is 11.1 Å². The fourth-order valence-electron chi connectivity index (χ4n) is 2.94. The van der Waals surface area contributed by atoms with Crippen molar-refractivity contribution >= 4 is 17.3 Å². The number of methoxy groups -OCH3 is 1. The molecule has 0 unspecified atom stereocenters. The zero-order chi connectivity index (χ0) is 14.1. The molecule has 1 aromatic rings. The first-order valence-electron chi connectivity index (χ1n) is 6.81. The maximum Gasteiger partial charge on any atom is 0.146 e. The van der Waals surface area contributed by atoms with E-state index in [9.17, 15) is 4.39 Å². The summed E-state index contributed by atoms with van der Waals surface area (Å²) < 4.78 is 24.8. The Morgan fingerprint density at radius 3 is 3.20 bits per heavy atom. The average molecular weight is 301 g/mol. The topological polar surface area (TPSA) is 33.7 Å². The highest BCUT2D eigenvalue weighted by molar-refractivity contribution is 6.31. The number of halogens is 2. The fraction of sp³-hybridized carbons (Fsp3) is 0.571. The van der Waals surface area contributed by atoms with E-state index in [1.165, 1.54) is 6.07 Å². The van der Waals surface area contributed by atoms with Gasteiger partial charge in [-0.05, 0) is 6.07 Å². The summed E-state index contributed by atoms with van der Waals surface area (Å²) >= 11 is 5.93. The van der Waals surface area contributed by atoms with E-state index < -0.39 is 5.82 Å². The van der Waals surface area contributed by atoms with Gasteiger partial charge in [-0.1, -0.05) is 11.6 Å². The first kappa shape index (κ1) is 13.9. The number of rotatable bonds is 2. The van der Waals surface area contributed by atoms with Gasteiger partial charge in [0.2, 0.25) is 0 Å².